The molecular weight excluding hydrogens is 252 g/mol. The largest absolute Gasteiger partial charge is 0.423 e. The van der Waals surface area contributed by atoms with E-state index in [4.69, 9.17) is 4.74 Å². The molecule has 0 radical (unpaired) electrons. The molecule has 0 spiro atoms. The fourth-order valence-electron chi connectivity index (χ4n) is 1.94. The van der Waals surface area contributed by atoms with Crippen LogP contribution in [0.25, 0.3) is 0 Å². The van der Waals surface area contributed by atoms with Crippen LogP contribution in [-0.2, 0) is 11.2 Å². The number of ketones is 1. The van der Waals surface area contributed by atoms with E-state index in [1.54, 1.807) is 30.3 Å². The molecule has 0 heterocycles. The number of Topliss-reactive ketones (excluding diaryl/α,β-unsaturated/α-hetero) is 1. The average Bonchev–Trinajstić information content (AvgIpc) is 2.38. The lowest BCUT2D eigenvalue weighted by molar-refractivity contribution is -0.116. The van der Waals surface area contributed by atoms with Crippen molar-refractivity contribution in [2.45, 2.75) is 20.3 Å². The van der Waals surface area contributed by atoms with Gasteiger partial charge in [-0.2, -0.15) is 0 Å². The van der Waals surface area contributed by atoms with Crippen molar-refractivity contribution in [3.8, 4) is 5.75 Å². The van der Waals surface area contributed by atoms with Crippen LogP contribution < -0.4 is 4.74 Å². The predicted molar refractivity (Wildman–Crippen MR) is 77.0 cm³/mol. The van der Waals surface area contributed by atoms with E-state index in [1.807, 2.05) is 25.1 Å². The van der Waals surface area contributed by atoms with E-state index in [-0.39, 0.29) is 5.78 Å². The van der Waals surface area contributed by atoms with Gasteiger partial charge in [0.25, 0.3) is 0 Å². The standard InChI is InChI=1S/C17H16O3/c1-12-5-3-8-16(9-12)20-17(19)15-7-4-6-14(11-15)10-13(2)18/h3-9,11H,10H2,1-2H3. The fraction of sp³-hybridized carbons (Fsp3) is 0.176. The Hall–Kier alpha value is -2.42. The molecule has 20 heavy (non-hydrogen) atoms. The highest BCUT2D eigenvalue weighted by Crippen LogP contribution is 2.15. The summed E-state index contributed by atoms with van der Waals surface area (Å²) in [6.45, 7) is 3.46. The van der Waals surface area contributed by atoms with Crippen molar-refractivity contribution in [3.05, 3.63) is 65.2 Å². The highest BCUT2D eigenvalue weighted by atomic mass is 16.5. The maximum absolute atomic E-state index is 12.1. The maximum Gasteiger partial charge on any atom is 0.343 e. The number of esters is 1. The molecule has 0 atom stereocenters. The van der Waals surface area contributed by atoms with Gasteiger partial charge in [-0.3, -0.25) is 4.79 Å². The van der Waals surface area contributed by atoms with E-state index in [0.717, 1.165) is 11.1 Å². The van der Waals surface area contributed by atoms with Crippen LogP contribution in [0.1, 0.15) is 28.4 Å². The third-order valence-corrected chi connectivity index (χ3v) is 2.82. The summed E-state index contributed by atoms with van der Waals surface area (Å²) in [5, 5.41) is 0. The summed E-state index contributed by atoms with van der Waals surface area (Å²) in [5.74, 6) is 0.169. The van der Waals surface area contributed by atoms with Gasteiger partial charge in [0, 0.05) is 6.42 Å². The van der Waals surface area contributed by atoms with E-state index in [1.165, 1.54) is 6.92 Å². The number of hydrogen-bond acceptors (Lipinski definition) is 3. The zero-order valence-electron chi connectivity index (χ0n) is 11.6. The van der Waals surface area contributed by atoms with Crippen LogP contribution in [-0.4, -0.2) is 11.8 Å². The molecular formula is C17H16O3. The van der Waals surface area contributed by atoms with Gasteiger partial charge in [0.05, 0.1) is 5.56 Å². The Balaban J connectivity index is 2.15. The molecule has 0 aliphatic heterocycles. The van der Waals surface area contributed by atoms with Crippen LogP contribution in [0, 0.1) is 6.92 Å². The summed E-state index contributed by atoms with van der Waals surface area (Å²) in [6, 6.07) is 14.3. The molecule has 0 unspecified atom stereocenters. The highest BCUT2D eigenvalue weighted by molar-refractivity contribution is 5.91. The van der Waals surface area contributed by atoms with Gasteiger partial charge in [-0.15, -0.1) is 0 Å². The first-order valence-corrected chi connectivity index (χ1v) is 6.42. The molecule has 2 rings (SSSR count). The first-order valence-electron chi connectivity index (χ1n) is 6.42. The zero-order chi connectivity index (χ0) is 14.5. The van der Waals surface area contributed by atoms with Crippen molar-refractivity contribution in [1.82, 2.24) is 0 Å². The van der Waals surface area contributed by atoms with E-state index in [0.29, 0.717) is 17.7 Å². The Morgan fingerprint density at radius 1 is 1.05 bits per heavy atom. The molecule has 0 saturated heterocycles. The van der Waals surface area contributed by atoms with Crippen molar-refractivity contribution < 1.29 is 14.3 Å². The topological polar surface area (TPSA) is 43.4 Å². The van der Waals surface area contributed by atoms with Gasteiger partial charge in [0.15, 0.2) is 0 Å². The quantitative estimate of drug-likeness (QED) is 0.631. The number of carbonyl (C=O) groups excluding carboxylic acids is 2. The van der Waals surface area contributed by atoms with Gasteiger partial charge in [-0.05, 0) is 49.2 Å². The summed E-state index contributed by atoms with van der Waals surface area (Å²) in [7, 11) is 0. The molecule has 3 heteroatoms. The van der Waals surface area contributed by atoms with E-state index < -0.39 is 5.97 Å². The molecule has 0 saturated carbocycles. The third-order valence-electron chi connectivity index (χ3n) is 2.82. The molecule has 2 aromatic carbocycles. The van der Waals surface area contributed by atoms with Gasteiger partial charge in [-0.1, -0.05) is 24.3 Å². The molecule has 2 aromatic rings. The minimum atomic E-state index is -0.416. The molecule has 3 nitrogen and oxygen atoms in total. The molecule has 0 fully saturated rings. The lowest BCUT2D eigenvalue weighted by atomic mass is 10.1. The minimum Gasteiger partial charge on any atom is -0.423 e. The van der Waals surface area contributed by atoms with Crippen molar-refractivity contribution in [3.63, 3.8) is 0 Å². The highest BCUT2D eigenvalue weighted by Gasteiger charge is 2.09. The third kappa shape index (κ3) is 3.79. The second-order valence-corrected chi connectivity index (χ2v) is 4.79. The SMILES string of the molecule is CC(=O)Cc1cccc(C(=O)Oc2cccc(C)c2)c1. The Labute approximate surface area is 118 Å². The molecule has 0 aliphatic carbocycles. The van der Waals surface area contributed by atoms with Crippen LogP contribution in [0.15, 0.2) is 48.5 Å². The summed E-state index contributed by atoms with van der Waals surface area (Å²) in [5.41, 5.74) is 2.29. The number of ether oxygens (including phenoxy) is 1. The van der Waals surface area contributed by atoms with Crippen LogP contribution in [0.4, 0.5) is 0 Å². The number of benzene rings is 2. The zero-order valence-corrected chi connectivity index (χ0v) is 11.6. The summed E-state index contributed by atoms with van der Waals surface area (Å²) in [6.07, 6.45) is 0.325. The molecule has 0 aromatic heterocycles. The summed E-state index contributed by atoms with van der Waals surface area (Å²) >= 11 is 0. The fourth-order valence-corrected chi connectivity index (χ4v) is 1.94. The lowest BCUT2D eigenvalue weighted by Gasteiger charge is -2.06. The monoisotopic (exact) mass is 268 g/mol. The predicted octanol–water partition coefficient (Wildman–Crippen LogP) is 3.35. The molecule has 0 N–H and O–H groups in total. The van der Waals surface area contributed by atoms with Gasteiger partial charge in [0.2, 0.25) is 0 Å². The normalized spacial score (nSPS) is 10.1. The Morgan fingerprint density at radius 3 is 2.50 bits per heavy atom. The Morgan fingerprint density at radius 2 is 1.80 bits per heavy atom. The number of hydrogen-bond donors (Lipinski definition) is 0. The van der Waals surface area contributed by atoms with Crippen LogP contribution in [0.2, 0.25) is 0 Å². The van der Waals surface area contributed by atoms with E-state index in [9.17, 15) is 9.59 Å². The molecule has 0 aliphatic rings. The molecule has 0 bridgehead atoms. The van der Waals surface area contributed by atoms with Crippen molar-refractivity contribution >= 4 is 11.8 Å². The van der Waals surface area contributed by atoms with Gasteiger partial charge in [0.1, 0.15) is 11.5 Å². The van der Waals surface area contributed by atoms with Crippen molar-refractivity contribution in [1.29, 1.82) is 0 Å². The number of aryl methyl sites for hydroxylation is 1. The first-order chi connectivity index (χ1) is 9.54. The van der Waals surface area contributed by atoms with Gasteiger partial charge < -0.3 is 4.74 Å². The Bertz CT molecular complexity index is 644. The van der Waals surface area contributed by atoms with Gasteiger partial charge in [-0.25, -0.2) is 4.79 Å². The van der Waals surface area contributed by atoms with Crippen LogP contribution in [0.5, 0.6) is 5.75 Å². The number of carbonyl (C=O) groups is 2. The molecule has 0 amide bonds. The molecule has 102 valence electrons. The maximum atomic E-state index is 12.1. The lowest BCUT2D eigenvalue weighted by Crippen LogP contribution is -2.09. The second-order valence-electron chi connectivity index (χ2n) is 4.79. The minimum absolute atomic E-state index is 0.0641. The van der Waals surface area contributed by atoms with E-state index >= 15 is 0 Å². The van der Waals surface area contributed by atoms with E-state index in [2.05, 4.69) is 0 Å². The van der Waals surface area contributed by atoms with Gasteiger partial charge >= 0.3 is 5.97 Å². The summed E-state index contributed by atoms with van der Waals surface area (Å²) < 4.78 is 5.32. The first kappa shape index (κ1) is 14.0. The Kier molecular flexibility index (Phi) is 4.31. The second kappa shape index (κ2) is 6.15. The average molecular weight is 268 g/mol. The van der Waals surface area contributed by atoms with Crippen LogP contribution in [0.3, 0.4) is 0 Å². The van der Waals surface area contributed by atoms with Crippen molar-refractivity contribution in [2.75, 3.05) is 0 Å². The number of rotatable bonds is 4. The smallest absolute Gasteiger partial charge is 0.343 e. The van der Waals surface area contributed by atoms with Crippen LogP contribution >= 0.6 is 0 Å². The van der Waals surface area contributed by atoms with Crippen molar-refractivity contribution in [2.24, 2.45) is 0 Å². The summed E-state index contributed by atoms with van der Waals surface area (Å²) in [4.78, 5) is 23.2.